The van der Waals surface area contributed by atoms with Crippen molar-refractivity contribution in [3.8, 4) is 0 Å². The molecule has 0 aliphatic carbocycles. The van der Waals surface area contributed by atoms with Gasteiger partial charge in [0, 0.05) is 0 Å². The summed E-state index contributed by atoms with van der Waals surface area (Å²) >= 11 is 4.76. The highest BCUT2D eigenvalue weighted by atomic mass is 79.9. The maximum atomic E-state index is 12.0. The van der Waals surface area contributed by atoms with Crippen LogP contribution in [0.2, 0.25) is 0 Å². The van der Waals surface area contributed by atoms with E-state index >= 15 is 0 Å². The molecule has 0 unspecified atom stereocenters. The Kier molecular flexibility index (Phi) is 3.11. The second kappa shape index (κ2) is 4.13. The normalized spacial score (nSPS) is 18.7. The first-order chi connectivity index (χ1) is 7.42. The number of hydrogen-bond acceptors (Lipinski definition) is 3. The number of hydrogen-bond donors (Lipinski definition) is 1. The van der Waals surface area contributed by atoms with Gasteiger partial charge in [-0.1, -0.05) is 13.8 Å². The van der Waals surface area contributed by atoms with Gasteiger partial charge < -0.3 is 10.0 Å². The average molecular weight is 304 g/mol. The van der Waals surface area contributed by atoms with Crippen LogP contribution in [0.25, 0.3) is 0 Å². The van der Waals surface area contributed by atoms with Gasteiger partial charge in [-0.15, -0.1) is 11.3 Å². The molecule has 0 saturated carbocycles. The number of halogens is 1. The van der Waals surface area contributed by atoms with E-state index in [9.17, 15) is 9.90 Å². The van der Waals surface area contributed by atoms with Crippen LogP contribution < -0.4 is 0 Å². The fraction of sp³-hybridized carbons (Fsp3) is 0.545. The second-order valence-corrected chi connectivity index (χ2v) is 6.99. The first-order valence-electron chi connectivity index (χ1n) is 5.19. The molecule has 3 nitrogen and oxygen atoms in total. The van der Waals surface area contributed by atoms with Crippen LogP contribution in [-0.2, 0) is 0 Å². The van der Waals surface area contributed by atoms with Crippen LogP contribution >= 0.6 is 27.3 Å². The van der Waals surface area contributed by atoms with E-state index in [1.165, 1.54) is 11.3 Å². The lowest BCUT2D eigenvalue weighted by Crippen LogP contribution is -2.65. The lowest BCUT2D eigenvalue weighted by Gasteiger charge is -2.48. The molecule has 88 valence electrons. The first-order valence-corrected chi connectivity index (χ1v) is 6.80. The minimum atomic E-state index is -0.690. The Morgan fingerprint density at radius 1 is 1.56 bits per heavy atom. The number of carbonyl (C=O) groups is 1. The standard InChI is InChI=1S/C11H14BrNO2S/c1-7(2)11(15)5-13(6-11)10(14)8-3-4-9(12)16-8/h3-4,7,15H,5-6H2,1-2H3. The molecule has 0 bridgehead atoms. The number of nitrogens with zero attached hydrogens (tertiary/aromatic N) is 1. The van der Waals surface area contributed by atoms with Crippen LogP contribution in [0.1, 0.15) is 23.5 Å². The number of β-amino-alcohol motifs (C(OH)–C–C–N with tert-alkyl or cyclic N) is 1. The molecule has 1 fully saturated rings. The van der Waals surface area contributed by atoms with Crippen LogP contribution in [0, 0.1) is 5.92 Å². The summed E-state index contributed by atoms with van der Waals surface area (Å²) in [7, 11) is 0. The summed E-state index contributed by atoms with van der Waals surface area (Å²) in [6.07, 6.45) is 0. The molecule has 1 amide bonds. The van der Waals surface area contributed by atoms with E-state index in [1.807, 2.05) is 26.0 Å². The van der Waals surface area contributed by atoms with Gasteiger partial charge in [0.05, 0.1) is 21.8 Å². The van der Waals surface area contributed by atoms with Gasteiger partial charge in [0.25, 0.3) is 5.91 Å². The Balaban J connectivity index is 2.00. The predicted molar refractivity (Wildman–Crippen MR) is 67.7 cm³/mol. The lowest BCUT2D eigenvalue weighted by atomic mass is 9.83. The highest BCUT2D eigenvalue weighted by Gasteiger charge is 2.46. The van der Waals surface area contributed by atoms with Gasteiger partial charge in [-0.2, -0.15) is 0 Å². The van der Waals surface area contributed by atoms with Crippen molar-refractivity contribution in [3.05, 3.63) is 20.8 Å². The van der Waals surface area contributed by atoms with Crippen molar-refractivity contribution in [3.63, 3.8) is 0 Å². The molecular formula is C11H14BrNO2S. The average Bonchev–Trinajstić information content (AvgIpc) is 2.58. The van der Waals surface area contributed by atoms with Crippen molar-refractivity contribution in [2.24, 2.45) is 5.92 Å². The topological polar surface area (TPSA) is 40.5 Å². The van der Waals surface area contributed by atoms with Gasteiger partial charge in [0.2, 0.25) is 0 Å². The van der Waals surface area contributed by atoms with Crippen LogP contribution in [0.5, 0.6) is 0 Å². The lowest BCUT2D eigenvalue weighted by molar-refractivity contribution is -0.110. The maximum Gasteiger partial charge on any atom is 0.264 e. The van der Waals surface area contributed by atoms with E-state index in [0.29, 0.717) is 13.1 Å². The number of rotatable bonds is 2. The van der Waals surface area contributed by atoms with Crippen LogP contribution in [0.3, 0.4) is 0 Å². The van der Waals surface area contributed by atoms with Crippen molar-refractivity contribution in [2.45, 2.75) is 19.4 Å². The molecular weight excluding hydrogens is 290 g/mol. The van der Waals surface area contributed by atoms with Gasteiger partial charge in [-0.3, -0.25) is 4.79 Å². The number of aliphatic hydroxyl groups is 1. The number of likely N-dealkylation sites (tertiary alicyclic amines) is 1. The van der Waals surface area contributed by atoms with E-state index in [1.54, 1.807) is 4.90 Å². The quantitative estimate of drug-likeness (QED) is 0.911. The predicted octanol–water partition coefficient (Wildman–Crippen LogP) is 2.35. The SMILES string of the molecule is CC(C)C1(O)CN(C(=O)c2ccc(Br)s2)C1. The van der Waals surface area contributed by atoms with E-state index in [0.717, 1.165) is 8.66 Å². The Hall–Kier alpha value is -0.390. The van der Waals surface area contributed by atoms with Gasteiger partial charge in [-0.05, 0) is 34.0 Å². The summed E-state index contributed by atoms with van der Waals surface area (Å²) in [5.41, 5.74) is -0.690. The van der Waals surface area contributed by atoms with Gasteiger partial charge in [0.15, 0.2) is 0 Å². The van der Waals surface area contributed by atoms with Crippen LogP contribution in [0.4, 0.5) is 0 Å². The molecule has 2 rings (SSSR count). The summed E-state index contributed by atoms with van der Waals surface area (Å²) in [5, 5.41) is 10.1. The Morgan fingerprint density at radius 3 is 2.62 bits per heavy atom. The zero-order valence-electron chi connectivity index (χ0n) is 9.24. The number of amides is 1. The summed E-state index contributed by atoms with van der Waals surface area (Å²) in [4.78, 5) is 14.4. The largest absolute Gasteiger partial charge is 0.386 e. The van der Waals surface area contributed by atoms with E-state index in [2.05, 4.69) is 15.9 Å². The summed E-state index contributed by atoms with van der Waals surface area (Å²) in [6.45, 7) is 4.84. The molecule has 5 heteroatoms. The molecule has 0 radical (unpaired) electrons. The fourth-order valence-corrected chi connectivity index (χ4v) is 3.06. The van der Waals surface area contributed by atoms with Crippen molar-refractivity contribution in [1.29, 1.82) is 0 Å². The summed E-state index contributed by atoms with van der Waals surface area (Å²) < 4.78 is 0.954. The zero-order valence-corrected chi connectivity index (χ0v) is 11.6. The second-order valence-electron chi connectivity index (χ2n) is 4.52. The van der Waals surface area contributed by atoms with E-state index in [-0.39, 0.29) is 11.8 Å². The van der Waals surface area contributed by atoms with Crippen LogP contribution in [0.15, 0.2) is 15.9 Å². The van der Waals surface area contributed by atoms with Gasteiger partial charge >= 0.3 is 0 Å². The van der Waals surface area contributed by atoms with E-state index in [4.69, 9.17) is 0 Å². The highest BCUT2D eigenvalue weighted by molar-refractivity contribution is 9.11. The maximum absolute atomic E-state index is 12.0. The van der Waals surface area contributed by atoms with E-state index < -0.39 is 5.60 Å². The summed E-state index contributed by atoms with van der Waals surface area (Å²) in [6, 6.07) is 3.68. The smallest absolute Gasteiger partial charge is 0.264 e. The van der Waals surface area contributed by atoms with Crippen molar-refractivity contribution in [1.82, 2.24) is 4.90 Å². The molecule has 1 aliphatic heterocycles. The molecule has 1 aromatic rings. The minimum absolute atomic E-state index is 0.0148. The van der Waals surface area contributed by atoms with Crippen molar-refractivity contribution in [2.75, 3.05) is 13.1 Å². The Morgan fingerprint density at radius 2 is 2.19 bits per heavy atom. The van der Waals surface area contributed by atoms with Gasteiger partial charge in [-0.25, -0.2) is 0 Å². The number of thiophene rings is 1. The van der Waals surface area contributed by atoms with Crippen LogP contribution in [-0.4, -0.2) is 34.6 Å². The molecule has 0 spiro atoms. The summed E-state index contributed by atoms with van der Waals surface area (Å²) in [5.74, 6) is 0.202. The first kappa shape index (κ1) is 12.1. The molecule has 0 aromatic carbocycles. The van der Waals surface area contributed by atoms with Crippen molar-refractivity contribution < 1.29 is 9.90 Å². The number of carbonyl (C=O) groups excluding carboxylic acids is 1. The van der Waals surface area contributed by atoms with Gasteiger partial charge in [0.1, 0.15) is 5.60 Å². The highest BCUT2D eigenvalue weighted by Crippen LogP contribution is 2.31. The molecule has 2 heterocycles. The third-order valence-electron chi connectivity index (χ3n) is 3.08. The minimum Gasteiger partial charge on any atom is -0.386 e. The molecule has 1 N–H and O–H groups in total. The van der Waals surface area contributed by atoms with Crippen molar-refractivity contribution >= 4 is 33.2 Å². The molecule has 1 saturated heterocycles. The fourth-order valence-electron chi connectivity index (χ4n) is 1.71. The molecule has 1 aliphatic rings. The monoisotopic (exact) mass is 303 g/mol. The molecule has 16 heavy (non-hydrogen) atoms. The third-order valence-corrected chi connectivity index (χ3v) is 4.69. The Bertz CT molecular complexity index is 410. The Labute approximate surface area is 107 Å². The third kappa shape index (κ3) is 2.04. The zero-order chi connectivity index (χ0) is 11.9. The molecule has 1 aromatic heterocycles. The molecule has 0 atom stereocenters.